The predicted molar refractivity (Wildman–Crippen MR) is 73.5 cm³/mol. The summed E-state index contributed by atoms with van der Waals surface area (Å²) in [4.78, 5) is 3.96. The molecule has 0 saturated heterocycles. The lowest BCUT2D eigenvalue weighted by Crippen LogP contribution is -2.16. The molecule has 0 aliphatic rings. The van der Waals surface area contributed by atoms with Crippen LogP contribution in [0.3, 0.4) is 0 Å². The number of hydrogen-bond donors (Lipinski definition) is 3. The van der Waals surface area contributed by atoms with E-state index in [1.807, 2.05) is 0 Å². The molecule has 6 heteroatoms. The quantitative estimate of drug-likeness (QED) is 0.790. The number of nitrogens with one attached hydrogen (secondary N) is 1. The minimum Gasteiger partial charge on any atom is -0.506 e. The fraction of sp³-hybridized carbons (Fsp3) is 0.267. The van der Waals surface area contributed by atoms with E-state index in [4.69, 9.17) is 0 Å². The summed E-state index contributed by atoms with van der Waals surface area (Å²) in [6.07, 6.45) is 1.49. The standard InChI is InChI=1S/C15H16F2N2O2/c1-9-15(21)13(11(8-20)6-19-9)7-18-5-10-2-3-12(16)4-14(10)17/h2-4,6,18,20-21H,5,7-8H2,1H3. The van der Waals surface area contributed by atoms with Crippen molar-refractivity contribution in [1.29, 1.82) is 0 Å². The summed E-state index contributed by atoms with van der Waals surface area (Å²) in [5.41, 5.74) is 1.81. The molecule has 21 heavy (non-hydrogen) atoms. The summed E-state index contributed by atoms with van der Waals surface area (Å²) in [7, 11) is 0. The number of aromatic nitrogens is 1. The number of aliphatic hydroxyl groups excluding tert-OH is 1. The summed E-state index contributed by atoms with van der Waals surface area (Å²) in [5, 5.41) is 22.2. The Morgan fingerprint density at radius 3 is 2.62 bits per heavy atom. The van der Waals surface area contributed by atoms with E-state index in [0.717, 1.165) is 6.07 Å². The zero-order valence-corrected chi connectivity index (χ0v) is 11.5. The van der Waals surface area contributed by atoms with Crippen molar-refractivity contribution in [2.24, 2.45) is 0 Å². The van der Waals surface area contributed by atoms with Crippen LogP contribution >= 0.6 is 0 Å². The normalized spacial score (nSPS) is 10.9. The number of nitrogens with zero attached hydrogens (tertiary/aromatic N) is 1. The van der Waals surface area contributed by atoms with Gasteiger partial charge in [0.1, 0.15) is 17.4 Å². The third-order valence-electron chi connectivity index (χ3n) is 3.23. The van der Waals surface area contributed by atoms with Crippen molar-refractivity contribution in [3.63, 3.8) is 0 Å². The molecular weight excluding hydrogens is 278 g/mol. The Balaban J connectivity index is 2.08. The van der Waals surface area contributed by atoms with Crippen molar-refractivity contribution in [3.8, 4) is 5.75 Å². The number of aliphatic hydroxyl groups is 1. The number of hydrogen-bond acceptors (Lipinski definition) is 4. The van der Waals surface area contributed by atoms with Crippen molar-refractivity contribution < 1.29 is 19.0 Å². The maximum Gasteiger partial charge on any atom is 0.141 e. The number of aryl methyl sites for hydroxylation is 1. The van der Waals surface area contributed by atoms with E-state index >= 15 is 0 Å². The maximum atomic E-state index is 13.5. The number of pyridine rings is 1. The lowest BCUT2D eigenvalue weighted by atomic mass is 10.1. The number of halogens is 2. The van der Waals surface area contributed by atoms with Gasteiger partial charge in [-0.1, -0.05) is 6.07 Å². The topological polar surface area (TPSA) is 65.4 Å². The third kappa shape index (κ3) is 3.53. The van der Waals surface area contributed by atoms with Crippen LogP contribution in [-0.2, 0) is 19.7 Å². The monoisotopic (exact) mass is 294 g/mol. The maximum absolute atomic E-state index is 13.5. The van der Waals surface area contributed by atoms with Gasteiger partial charge in [-0.15, -0.1) is 0 Å². The SMILES string of the molecule is Cc1ncc(CO)c(CNCc2ccc(F)cc2F)c1O. The molecule has 0 fully saturated rings. The molecule has 2 aromatic rings. The van der Waals surface area contributed by atoms with Gasteiger partial charge in [0.05, 0.1) is 12.3 Å². The van der Waals surface area contributed by atoms with Crippen LogP contribution in [0.15, 0.2) is 24.4 Å². The first-order valence-corrected chi connectivity index (χ1v) is 6.44. The van der Waals surface area contributed by atoms with Gasteiger partial charge >= 0.3 is 0 Å². The zero-order chi connectivity index (χ0) is 15.4. The number of benzene rings is 1. The summed E-state index contributed by atoms with van der Waals surface area (Å²) in [5.74, 6) is -1.24. The van der Waals surface area contributed by atoms with Crippen LogP contribution in [0, 0.1) is 18.6 Å². The highest BCUT2D eigenvalue weighted by atomic mass is 19.1. The highest BCUT2D eigenvalue weighted by Gasteiger charge is 2.11. The molecule has 4 nitrogen and oxygen atoms in total. The fourth-order valence-electron chi connectivity index (χ4n) is 2.00. The molecule has 0 aliphatic heterocycles. The molecule has 0 bridgehead atoms. The van der Waals surface area contributed by atoms with Gasteiger partial charge in [-0.25, -0.2) is 8.78 Å². The second kappa shape index (κ2) is 6.60. The van der Waals surface area contributed by atoms with Gasteiger partial charge in [0.25, 0.3) is 0 Å². The van der Waals surface area contributed by atoms with Crippen molar-refractivity contribution in [3.05, 3.63) is 58.4 Å². The predicted octanol–water partition coefficient (Wildman–Crippen LogP) is 2.16. The minimum atomic E-state index is -0.625. The molecule has 1 aromatic heterocycles. The summed E-state index contributed by atoms with van der Waals surface area (Å²) in [6, 6.07) is 3.37. The molecule has 0 amide bonds. The molecule has 1 heterocycles. The van der Waals surface area contributed by atoms with Gasteiger partial charge in [0.15, 0.2) is 0 Å². The Morgan fingerprint density at radius 1 is 1.19 bits per heavy atom. The molecule has 0 spiro atoms. The van der Waals surface area contributed by atoms with E-state index < -0.39 is 11.6 Å². The molecule has 0 aliphatic carbocycles. The first kappa shape index (κ1) is 15.3. The van der Waals surface area contributed by atoms with Gasteiger partial charge in [-0.3, -0.25) is 4.98 Å². The van der Waals surface area contributed by atoms with Crippen molar-refractivity contribution >= 4 is 0 Å². The third-order valence-corrected chi connectivity index (χ3v) is 3.23. The lowest BCUT2D eigenvalue weighted by Gasteiger charge is -2.12. The molecule has 2 rings (SSSR count). The van der Waals surface area contributed by atoms with Crippen LogP contribution in [0.25, 0.3) is 0 Å². The van der Waals surface area contributed by atoms with Crippen molar-refractivity contribution in [1.82, 2.24) is 10.3 Å². The number of aromatic hydroxyl groups is 1. The van der Waals surface area contributed by atoms with E-state index in [1.54, 1.807) is 6.92 Å². The Morgan fingerprint density at radius 2 is 1.95 bits per heavy atom. The first-order valence-electron chi connectivity index (χ1n) is 6.44. The van der Waals surface area contributed by atoms with Gasteiger partial charge in [0.2, 0.25) is 0 Å². The second-order valence-corrected chi connectivity index (χ2v) is 4.69. The van der Waals surface area contributed by atoms with E-state index in [2.05, 4.69) is 10.3 Å². The summed E-state index contributed by atoms with van der Waals surface area (Å²) >= 11 is 0. The molecule has 112 valence electrons. The Kier molecular flexibility index (Phi) is 4.82. The molecule has 0 saturated carbocycles. The molecule has 0 atom stereocenters. The van der Waals surface area contributed by atoms with E-state index in [9.17, 15) is 19.0 Å². The molecule has 3 N–H and O–H groups in total. The smallest absolute Gasteiger partial charge is 0.141 e. The van der Waals surface area contributed by atoms with Crippen LogP contribution in [0.4, 0.5) is 8.78 Å². The van der Waals surface area contributed by atoms with Crippen LogP contribution in [0.2, 0.25) is 0 Å². The molecule has 0 radical (unpaired) electrons. The van der Waals surface area contributed by atoms with Gasteiger partial charge in [-0.05, 0) is 13.0 Å². The second-order valence-electron chi connectivity index (χ2n) is 4.69. The zero-order valence-electron chi connectivity index (χ0n) is 11.5. The van der Waals surface area contributed by atoms with E-state index in [1.165, 1.54) is 18.3 Å². The molecule has 0 unspecified atom stereocenters. The van der Waals surface area contributed by atoms with Gasteiger partial charge < -0.3 is 15.5 Å². The van der Waals surface area contributed by atoms with Crippen molar-refractivity contribution in [2.75, 3.05) is 0 Å². The fourth-order valence-corrected chi connectivity index (χ4v) is 2.00. The highest BCUT2D eigenvalue weighted by molar-refractivity contribution is 5.40. The lowest BCUT2D eigenvalue weighted by molar-refractivity contribution is 0.278. The van der Waals surface area contributed by atoms with Crippen LogP contribution < -0.4 is 5.32 Å². The Hall–Kier alpha value is -2.05. The highest BCUT2D eigenvalue weighted by Crippen LogP contribution is 2.23. The average Bonchev–Trinajstić information content (AvgIpc) is 2.46. The summed E-state index contributed by atoms with van der Waals surface area (Å²) < 4.78 is 26.3. The minimum absolute atomic E-state index is 0.00799. The van der Waals surface area contributed by atoms with Crippen LogP contribution in [0.5, 0.6) is 5.75 Å². The van der Waals surface area contributed by atoms with Crippen molar-refractivity contribution in [2.45, 2.75) is 26.6 Å². The molecule has 1 aromatic carbocycles. The number of rotatable bonds is 5. The van der Waals surface area contributed by atoms with Crippen LogP contribution in [0.1, 0.15) is 22.4 Å². The van der Waals surface area contributed by atoms with E-state index in [-0.39, 0.29) is 25.4 Å². The Labute approximate surface area is 121 Å². The first-order chi connectivity index (χ1) is 10.0. The van der Waals surface area contributed by atoms with Gasteiger partial charge in [0, 0.05) is 42.0 Å². The Bertz CT molecular complexity index is 648. The largest absolute Gasteiger partial charge is 0.506 e. The van der Waals surface area contributed by atoms with E-state index in [0.29, 0.717) is 22.4 Å². The summed E-state index contributed by atoms with van der Waals surface area (Å²) in [6.45, 7) is 1.82. The molecular formula is C15H16F2N2O2. The average molecular weight is 294 g/mol. The van der Waals surface area contributed by atoms with Gasteiger partial charge in [-0.2, -0.15) is 0 Å². The van der Waals surface area contributed by atoms with Crippen LogP contribution in [-0.4, -0.2) is 15.2 Å².